The molecule has 0 saturated carbocycles. The minimum Gasteiger partial charge on any atom is -0.334 e. The molecule has 1 aliphatic heterocycles. The Balaban J connectivity index is 1.45. The summed E-state index contributed by atoms with van der Waals surface area (Å²) in [7, 11) is 2.21. The molecule has 1 fully saturated rings. The van der Waals surface area contributed by atoms with Crippen molar-refractivity contribution in [2.45, 2.75) is 58.0 Å². The Kier molecular flexibility index (Phi) is 4.20. The van der Waals surface area contributed by atoms with Crippen LogP contribution < -0.4 is 0 Å². The Bertz CT molecular complexity index is 990. The summed E-state index contributed by atoms with van der Waals surface area (Å²) in [6.07, 6.45) is 7.29. The predicted molar refractivity (Wildman–Crippen MR) is 107 cm³/mol. The van der Waals surface area contributed by atoms with E-state index in [4.69, 9.17) is 15.0 Å². The molecule has 27 heavy (non-hydrogen) atoms. The maximum Gasteiger partial charge on any atom is 0.143 e. The molecule has 0 amide bonds. The molecule has 1 aromatic carbocycles. The van der Waals surface area contributed by atoms with E-state index in [0.717, 1.165) is 41.9 Å². The molecule has 5 nitrogen and oxygen atoms in total. The highest BCUT2D eigenvalue weighted by Gasteiger charge is 2.32. The zero-order chi connectivity index (χ0) is 18.4. The van der Waals surface area contributed by atoms with Crippen LogP contribution in [0.2, 0.25) is 0 Å². The first-order valence-corrected chi connectivity index (χ1v) is 10.2. The lowest BCUT2D eigenvalue weighted by atomic mass is 10.0. The lowest BCUT2D eigenvalue weighted by Gasteiger charge is -2.24. The van der Waals surface area contributed by atoms with E-state index in [2.05, 4.69) is 47.7 Å². The third-order valence-corrected chi connectivity index (χ3v) is 6.25. The normalized spacial score (nSPS) is 20.3. The van der Waals surface area contributed by atoms with E-state index in [-0.39, 0.29) is 0 Å². The summed E-state index contributed by atoms with van der Waals surface area (Å²) >= 11 is 0. The molecule has 2 aliphatic rings. The number of hydrogen-bond acceptors (Lipinski definition) is 4. The van der Waals surface area contributed by atoms with Crippen LogP contribution in [-0.4, -0.2) is 31.0 Å². The zero-order valence-electron chi connectivity index (χ0n) is 16.3. The van der Waals surface area contributed by atoms with Gasteiger partial charge in [0.1, 0.15) is 11.6 Å². The van der Waals surface area contributed by atoms with E-state index in [1.165, 1.54) is 49.3 Å². The van der Waals surface area contributed by atoms with Crippen LogP contribution in [0.5, 0.6) is 0 Å². The van der Waals surface area contributed by atoms with Gasteiger partial charge in [0.15, 0.2) is 0 Å². The lowest BCUT2D eigenvalue weighted by Crippen LogP contribution is -2.26. The molecule has 3 aromatic rings. The molecule has 2 aromatic heterocycles. The van der Waals surface area contributed by atoms with Gasteiger partial charge in [0.2, 0.25) is 0 Å². The van der Waals surface area contributed by atoms with Gasteiger partial charge in [-0.25, -0.2) is 15.0 Å². The van der Waals surface area contributed by atoms with Crippen LogP contribution in [0, 0.1) is 6.92 Å². The largest absolute Gasteiger partial charge is 0.334 e. The highest BCUT2D eigenvalue weighted by molar-refractivity contribution is 5.80. The van der Waals surface area contributed by atoms with Crippen molar-refractivity contribution in [1.29, 1.82) is 0 Å². The van der Waals surface area contributed by atoms with Gasteiger partial charge in [0.25, 0.3) is 0 Å². The minimum absolute atomic E-state index is 0.385. The molecule has 0 spiro atoms. The number of aryl methyl sites for hydroxylation is 2. The number of imidazole rings is 1. The van der Waals surface area contributed by atoms with Gasteiger partial charge in [-0.15, -0.1) is 0 Å². The van der Waals surface area contributed by atoms with E-state index in [0.29, 0.717) is 6.04 Å². The number of fused-ring (bicyclic) bond motifs is 2. The Morgan fingerprint density at radius 3 is 2.78 bits per heavy atom. The topological polar surface area (TPSA) is 46.8 Å². The van der Waals surface area contributed by atoms with Gasteiger partial charge in [-0.1, -0.05) is 18.2 Å². The Hall–Kier alpha value is -2.27. The Labute approximate surface area is 160 Å². The predicted octanol–water partition coefficient (Wildman–Crippen LogP) is 3.89. The summed E-state index contributed by atoms with van der Waals surface area (Å²) in [5, 5.41) is 1.15. The first-order valence-electron chi connectivity index (χ1n) is 10.2. The molecular weight excluding hydrogens is 334 g/mol. The van der Waals surface area contributed by atoms with Gasteiger partial charge in [-0.05, 0) is 58.1 Å². The monoisotopic (exact) mass is 361 g/mol. The van der Waals surface area contributed by atoms with Crippen LogP contribution in [-0.2, 0) is 26.4 Å². The number of nitrogens with zero attached hydrogens (tertiary/aromatic N) is 5. The summed E-state index contributed by atoms with van der Waals surface area (Å²) in [5.41, 5.74) is 4.91. The van der Waals surface area contributed by atoms with Crippen molar-refractivity contribution >= 4 is 10.9 Å². The minimum atomic E-state index is 0.385. The van der Waals surface area contributed by atoms with Gasteiger partial charge >= 0.3 is 0 Å². The van der Waals surface area contributed by atoms with Gasteiger partial charge < -0.3 is 4.57 Å². The first-order chi connectivity index (χ1) is 13.2. The van der Waals surface area contributed by atoms with Gasteiger partial charge in [0.05, 0.1) is 23.8 Å². The highest BCUT2D eigenvalue weighted by Crippen LogP contribution is 2.34. The second kappa shape index (κ2) is 6.71. The lowest BCUT2D eigenvalue weighted by molar-refractivity contribution is 0.230. The number of para-hydroxylation sites is 1. The maximum absolute atomic E-state index is 5.07. The molecule has 0 unspecified atom stereocenters. The maximum atomic E-state index is 5.07. The summed E-state index contributed by atoms with van der Waals surface area (Å²) in [5.74, 6) is 2.17. The Morgan fingerprint density at radius 1 is 1.04 bits per heavy atom. The fraction of sp³-hybridized carbons (Fsp3) is 0.500. The van der Waals surface area contributed by atoms with E-state index >= 15 is 0 Å². The van der Waals surface area contributed by atoms with Crippen molar-refractivity contribution in [3.8, 4) is 0 Å². The quantitative estimate of drug-likeness (QED) is 0.710. The highest BCUT2D eigenvalue weighted by atomic mass is 15.2. The molecule has 0 bridgehead atoms. The van der Waals surface area contributed by atoms with Crippen molar-refractivity contribution in [3.63, 3.8) is 0 Å². The summed E-state index contributed by atoms with van der Waals surface area (Å²) in [6, 6.07) is 8.68. The molecule has 140 valence electrons. The number of rotatable bonds is 3. The van der Waals surface area contributed by atoms with Crippen LogP contribution in [0.4, 0.5) is 0 Å². The van der Waals surface area contributed by atoms with Crippen molar-refractivity contribution < 1.29 is 0 Å². The van der Waals surface area contributed by atoms with Gasteiger partial charge in [0, 0.05) is 23.8 Å². The summed E-state index contributed by atoms with van der Waals surface area (Å²) in [6.45, 7) is 3.98. The molecule has 1 aliphatic carbocycles. The van der Waals surface area contributed by atoms with E-state index in [1.807, 2.05) is 0 Å². The smallest absolute Gasteiger partial charge is 0.143 e. The first kappa shape index (κ1) is 16.9. The third-order valence-electron chi connectivity index (χ3n) is 6.25. The molecule has 1 atom stereocenters. The number of hydrogen-bond donors (Lipinski definition) is 0. The van der Waals surface area contributed by atoms with Crippen molar-refractivity contribution in [3.05, 3.63) is 53.0 Å². The SMILES string of the molecule is Cc1nc(CN2CCC[C@@H]2c2nc3c(n2C)CCCC3)nc2ccccc12. The number of likely N-dealkylation sites (tertiary alicyclic amines) is 1. The average molecular weight is 361 g/mol. The Morgan fingerprint density at radius 2 is 1.89 bits per heavy atom. The van der Waals surface area contributed by atoms with Gasteiger partial charge in [-0.2, -0.15) is 0 Å². The van der Waals surface area contributed by atoms with Crippen LogP contribution in [0.15, 0.2) is 24.3 Å². The molecule has 3 heterocycles. The van der Waals surface area contributed by atoms with E-state index in [1.54, 1.807) is 0 Å². The molecule has 5 heteroatoms. The van der Waals surface area contributed by atoms with Crippen LogP contribution >= 0.6 is 0 Å². The van der Waals surface area contributed by atoms with Crippen LogP contribution in [0.1, 0.15) is 60.5 Å². The van der Waals surface area contributed by atoms with E-state index in [9.17, 15) is 0 Å². The van der Waals surface area contributed by atoms with Gasteiger partial charge in [-0.3, -0.25) is 4.90 Å². The number of aromatic nitrogens is 4. The van der Waals surface area contributed by atoms with E-state index < -0.39 is 0 Å². The molecule has 0 N–H and O–H groups in total. The molecule has 0 radical (unpaired) electrons. The molecule has 1 saturated heterocycles. The van der Waals surface area contributed by atoms with Crippen molar-refractivity contribution in [2.75, 3.05) is 6.54 Å². The average Bonchev–Trinajstić information content (AvgIpc) is 3.26. The standard InChI is InChI=1S/C22H27N5/c1-15-16-8-3-4-9-17(16)24-21(23-15)14-27-13-7-12-20(27)22-25-18-10-5-6-11-19(18)26(22)2/h3-4,8-9,20H,5-7,10-14H2,1-2H3/t20-/m1/s1. The fourth-order valence-corrected chi connectivity index (χ4v) is 4.86. The second-order valence-corrected chi connectivity index (χ2v) is 8.00. The third kappa shape index (κ3) is 2.94. The fourth-order valence-electron chi connectivity index (χ4n) is 4.86. The molecular formula is C22H27N5. The zero-order valence-corrected chi connectivity index (χ0v) is 16.3. The number of benzene rings is 1. The van der Waals surface area contributed by atoms with Crippen LogP contribution in [0.25, 0.3) is 10.9 Å². The second-order valence-electron chi connectivity index (χ2n) is 8.00. The van der Waals surface area contributed by atoms with Crippen molar-refractivity contribution in [1.82, 2.24) is 24.4 Å². The summed E-state index contributed by atoms with van der Waals surface area (Å²) < 4.78 is 2.38. The van der Waals surface area contributed by atoms with Crippen molar-refractivity contribution in [2.24, 2.45) is 7.05 Å². The summed E-state index contributed by atoms with van der Waals surface area (Å²) in [4.78, 5) is 17.2. The molecule has 5 rings (SSSR count). The van der Waals surface area contributed by atoms with Crippen LogP contribution in [0.3, 0.4) is 0 Å².